The predicted octanol–water partition coefficient (Wildman–Crippen LogP) is 3.12. The molecule has 0 aliphatic rings. The molecule has 19 heavy (non-hydrogen) atoms. The van der Waals surface area contributed by atoms with Gasteiger partial charge in [-0.25, -0.2) is 0 Å². The zero-order valence-electron chi connectivity index (χ0n) is 10.6. The molecule has 0 atom stereocenters. The zero-order valence-corrected chi connectivity index (χ0v) is 12.1. The smallest absolute Gasteiger partial charge is 0.220 e. The van der Waals surface area contributed by atoms with Crippen LogP contribution in [-0.4, -0.2) is 23.8 Å². The fourth-order valence-electron chi connectivity index (χ4n) is 1.70. The van der Waals surface area contributed by atoms with Crippen LogP contribution in [-0.2, 0) is 12.8 Å². The van der Waals surface area contributed by atoms with Crippen LogP contribution in [0.4, 0.5) is 0 Å². The maximum Gasteiger partial charge on any atom is 0.220 e. The van der Waals surface area contributed by atoms with Gasteiger partial charge in [0.1, 0.15) is 0 Å². The molecule has 0 spiro atoms. The zero-order chi connectivity index (χ0) is 13.7. The van der Waals surface area contributed by atoms with Gasteiger partial charge in [0.05, 0.1) is 16.5 Å². The van der Waals surface area contributed by atoms with Crippen molar-refractivity contribution < 1.29 is 4.42 Å². The Bertz CT molecular complexity index is 542. The summed E-state index contributed by atoms with van der Waals surface area (Å²) in [4.78, 5) is 0. The van der Waals surface area contributed by atoms with Crippen molar-refractivity contribution in [3.8, 4) is 0 Å². The van der Waals surface area contributed by atoms with Gasteiger partial charge in [-0.2, -0.15) is 0 Å². The van der Waals surface area contributed by atoms with E-state index in [0.717, 1.165) is 24.9 Å². The summed E-state index contributed by atoms with van der Waals surface area (Å²) in [5, 5.41) is 12.2. The topological polar surface area (TPSA) is 51.0 Å². The number of hydrogen-bond acceptors (Lipinski definition) is 4. The molecule has 4 nitrogen and oxygen atoms in total. The van der Waals surface area contributed by atoms with Crippen molar-refractivity contribution in [1.29, 1.82) is 0 Å². The van der Waals surface area contributed by atoms with Crippen LogP contribution in [0.5, 0.6) is 0 Å². The van der Waals surface area contributed by atoms with Crippen LogP contribution < -0.4 is 5.32 Å². The molecule has 1 aromatic heterocycles. The van der Waals surface area contributed by atoms with Gasteiger partial charge in [-0.15, -0.1) is 10.2 Å². The summed E-state index contributed by atoms with van der Waals surface area (Å²) in [5.74, 6) is 1.27. The lowest BCUT2D eigenvalue weighted by molar-refractivity contribution is 0.451. The molecule has 0 bridgehead atoms. The molecule has 0 amide bonds. The maximum absolute atomic E-state index is 5.96. The van der Waals surface area contributed by atoms with Gasteiger partial charge in [-0.1, -0.05) is 29.3 Å². The largest absolute Gasteiger partial charge is 0.425 e. The van der Waals surface area contributed by atoms with Crippen LogP contribution in [0.3, 0.4) is 0 Å². The van der Waals surface area contributed by atoms with Gasteiger partial charge >= 0.3 is 0 Å². The number of halogens is 2. The molecule has 0 saturated heterocycles. The van der Waals surface area contributed by atoms with E-state index in [2.05, 4.69) is 15.5 Å². The Balaban J connectivity index is 1.97. The molecule has 2 rings (SSSR count). The highest BCUT2D eigenvalue weighted by Crippen LogP contribution is 2.23. The Morgan fingerprint density at radius 1 is 1.16 bits per heavy atom. The van der Waals surface area contributed by atoms with Gasteiger partial charge in [-0.05, 0) is 37.7 Å². The van der Waals surface area contributed by atoms with E-state index in [1.54, 1.807) is 6.07 Å². The van der Waals surface area contributed by atoms with Crippen LogP contribution in [0.2, 0.25) is 10.0 Å². The van der Waals surface area contributed by atoms with E-state index in [1.807, 2.05) is 19.2 Å². The molecule has 0 fully saturated rings. The Kier molecular flexibility index (Phi) is 5.19. The number of aryl methyl sites for hydroxylation is 1. The standard InChI is InChI=1S/C13H15Cl2N3O/c1-16-6-2-3-12-17-18-13(19-12)8-9-4-5-10(14)11(15)7-9/h4-5,7,16H,2-3,6,8H2,1H3. The Morgan fingerprint density at radius 2 is 1.95 bits per heavy atom. The summed E-state index contributed by atoms with van der Waals surface area (Å²) in [6, 6.07) is 5.48. The Hall–Kier alpha value is -1.10. The van der Waals surface area contributed by atoms with Crippen molar-refractivity contribution in [2.75, 3.05) is 13.6 Å². The molecule has 1 N–H and O–H groups in total. The minimum absolute atomic E-state index is 0.535. The van der Waals surface area contributed by atoms with Crippen molar-refractivity contribution >= 4 is 23.2 Å². The molecule has 0 aliphatic carbocycles. The van der Waals surface area contributed by atoms with E-state index in [9.17, 15) is 0 Å². The normalized spacial score (nSPS) is 10.9. The summed E-state index contributed by atoms with van der Waals surface area (Å²) in [6.07, 6.45) is 2.33. The van der Waals surface area contributed by atoms with Crippen molar-refractivity contribution in [2.24, 2.45) is 0 Å². The van der Waals surface area contributed by atoms with Gasteiger partial charge in [0.25, 0.3) is 0 Å². The minimum Gasteiger partial charge on any atom is -0.425 e. The fraction of sp³-hybridized carbons (Fsp3) is 0.385. The number of aromatic nitrogens is 2. The van der Waals surface area contributed by atoms with Crippen LogP contribution in [0, 0.1) is 0 Å². The highest BCUT2D eigenvalue weighted by Gasteiger charge is 2.08. The SMILES string of the molecule is CNCCCc1nnc(Cc2ccc(Cl)c(Cl)c2)o1. The summed E-state index contributed by atoms with van der Waals surface area (Å²) in [7, 11) is 1.92. The molecule has 2 aromatic rings. The Labute approximate surface area is 122 Å². The molecular weight excluding hydrogens is 285 g/mol. The molecule has 0 unspecified atom stereocenters. The van der Waals surface area contributed by atoms with Crippen molar-refractivity contribution in [1.82, 2.24) is 15.5 Å². The second kappa shape index (κ2) is 6.89. The number of rotatable bonds is 6. The van der Waals surface area contributed by atoms with Gasteiger partial charge < -0.3 is 9.73 Å². The fourth-order valence-corrected chi connectivity index (χ4v) is 2.02. The lowest BCUT2D eigenvalue weighted by Crippen LogP contribution is -2.08. The second-order valence-corrected chi connectivity index (χ2v) is 5.04. The van der Waals surface area contributed by atoms with Gasteiger partial charge in [-0.3, -0.25) is 0 Å². The van der Waals surface area contributed by atoms with Gasteiger partial charge in [0, 0.05) is 6.42 Å². The molecule has 102 valence electrons. The Morgan fingerprint density at radius 3 is 2.68 bits per heavy atom. The monoisotopic (exact) mass is 299 g/mol. The average Bonchev–Trinajstić information content (AvgIpc) is 2.82. The first kappa shape index (κ1) is 14.3. The summed E-state index contributed by atoms with van der Waals surface area (Å²) in [5.41, 5.74) is 1.000. The van der Waals surface area contributed by atoms with E-state index < -0.39 is 0 Å². The molecule has 1 heterocycles. The molecule has 0 saturated carbocycles. The first-order valence-corrected chi connectivity index (χ1v) is 6.84. The van der Waals surface area contributed by atoms with Gasteiger partial charge in [0.2, 0.25) is 11.8 Å². The first-order chi connectivity index (χ1) is 9.19. The van der Waals surface area contributed by atoms with Crippen molar-refractivity contribution in [3.63, 3.8) is 0 Å². The molecule has 1 aromatic carbocycles. The van der Waals surface area contributed by atoms with E-state index in [1.165, 1.54) is 0 Å². The van der Waals surface area contributed by atoms with Crippen LogP contribution in [0.25, 0.3) is 0 Å². The number of hydrogen-bond donors (Lipinski definition) is 1. The van der Waals surface area contributed by atoms with Gasteiger partial charge in [0.15, 0.2) is 0 Å². The molecule has 6 heteroatoms. The predicted molar refractivity (Wildman–Crippen MR) is 75.8 cm³/mol. The lowest BCUT2D eigenvalue weighted by atomic mass is 10.1. The van der Waals surface area contributed by atoms with Crippen LogP contribution >= 0.6 is 23.2 Å². The number of nitrogens with one attached hydrogen (secondary N) is 1. The number of benzene rings is 1. The van der Waals surface area contributed by atoms with Crippen molar-refractivity contribution in [3.05, 3.63) is 45.6 Å². The third kappa shape index (κ3) is 4.20. The highest BCUT2D eigenvalue weighted by molar-refractivity contribution is 6.42. The van der Waals surface area contributed by atoms with E-state index >= 15 is 0 Å². The van der Waals surface area contributed by atoms with Crippen LogP contribution in [0.1, 0.15) is 23.8 Å². The summed E-state index contributed by atoms with van der Waals surface area (Å²) < 4.78 is 5.58. The molecular formula is C13H15Cl2N3O. The maximum atomic E-state index is 5.96. The van der Waals surface area contributed by atoms with E-state index in [4.69, 9.17) is 27.6 Å². The first-order valence-electron chi connectivity index (χ1n) is 6.09. The number of nitrogens with zero attached hydrogens (tertiary/aromatic N) is 2. The third-order valence-electron chi connectivity index (χ3n) is 2.67. The highest BCUT2D eigenvalue weighted by atomic mass is 35.5. The van der Waals surface area contributed by atoms with Crippen LogP contribution in [0.15, 0.2) is 22.6 Å². The second-order valence-electron chi connectivity index (χ2n) is 4.22. The average molecular weight is 300 g/mol. The van der Waals surface area contributed by atoms with Crippen molar-refractivity contribution in [2.45, 2.75) is 19.3 Å². The van der Waals surface area contributed by atoms with E-state index in [0.29, 0.717) is 28.2 Å². The molecule has 0 aliphatic heterocycles. The lowest BCUT2D eigenvalue weighted by Gasteiger charge is -2.00. The molecule has 0 radical (unpaired) electrons. The summed E-state index contributed by atoms with van der Waals surface area (Å²) >= 11 is 11.8. The minimum atomic E-state index is 0.535. The third-order valence-corrected chi connectivity index (χ3v) is 3.40. The van der Waals surface area contributed by atoms with E-state index in [-0.39, 0.29) is 0 Å². The quantitative estimate of drug-likeness (QED) is 0.833. The summed E-state index contributed by atoms with van der Waals surface area (Å²) in [6.45, 7) is 0.935.